The molecule has 1 aliphatic carbocycles. The molecule has 2 amide bonds. The monoisotopic (exact) mass is 457 g/mol. The number of aliphatic imine (C=N–C) groups is 1. The van der Waals surface area contributed by atoms with E-state index in [4.69, 9.17) is 20.9 Å². The number of ether oxygens (including phenoxy) is 1. The van der Waals surface area contributed by atoms with Crippen LogP contribution in [0.15, 0.2) is 40.5 Å². The number of likely N-dealkylation sites (tertiary alicyclic amines) is 1. The van der Waals surface area contributed by atoms with Gasteiger partial charge in [0.05, 0.1) is 30.3 Å². The van der Waals surface area contributed by atoms with Crippen molar-refractivity contribution in [3.05, 3.63) is 41.1 Å². The SMILES string of the molecule is CC(C)(C)OC(=O)N1CCC(=Nc2ccc(C3CC3)cc2)C2=C(N)C(=N)C(=O)NCC21.CF. The number of nitrogens with two attached hydrogens (primary N) is 1. The molecule has 0 spiro atoms. The summed E-state index contributed by atoms with van der Waals surface area (Å²) < 4.78 is 15.1. The summed E-state index contributed by atoms with van der Waals surface area (Å²) in [7, 11) is 0.500. The van der Waals surface area contributed by atoms with Gasteiger partial charge in [-0.15, -0.1) is 0 Å². The first-order chi connectivity index (χ1) is 15.6. The number of fused-ring (bicyclic) bond motifs is 1. The molecule has 1 saturated heterocycles. The number of nitrogens with one attached hydrogen (secondary N) is 2. The predicted molar refractivity (Wildman–Crippen MR) is 126 cm³/mol. The number of amides is 2. The minimum Gasteiger partial charge on any atom is -0.444 e. The number of carbonyl (C=O) groups excluding carboxylic acids is 2. The molecule has 0 radical (unpaired) electrons. The molecule has 1 unspecified atom stereocenters. The van der Waals surface area contributed by atoms with E-state index in [9.17, 15) is 14.0 Å². The lowest BCUT2D eigenvalue weighted by atomic mass is 9.91. The zero-order valence-corrected chi connectivity index (χ0v) is 19.6. The first kappa shape index (κ1) is 24.4. The van der Waals surface area contributed by atoms with E-state index in [1.807, 2.05) is 32.9 Å². The Morgan fingerprint density at radius 2 is 1.88 bits per heavy atom. The number of alkyl halides is 1. The first-order valence-electron chi connectivity index (χ1n) is 11.1. The highest BCUT2D eigenvalue weighted by Crippen LogP contribution is 2.40. The minimum atomic E-state index is -0.648. The van der Waals surface area contributed by atoms with E-state index in [2.05, 4.69) is 17.4 Å². The van der Waals surface area contributed by atoms with Crippen molar-refractivity contribution in [2.24, 2.45) is 10.7 Å². The predicted octanol–water partition coefficient (Wildman–Crippen LogP) is 3.59. The quantitative estimate of drug-likeness (QED) is 0.628. The summed E-state index contributed by atoms with van der Waals surface area (Å²) in [5.41, 5.74) is 8.73. The van der Waals surface area contributed by atoms with Gasteiger partial charge in [0.15, 0.2) is 0 Å². The summed E-state index contributed by atoms with van der Waals surface area (Å²) in [5, 5.41) is 10.8. The number of nitrogens with zero attached hydrogens (tertiary/aromatic N) is 2. The summed E-state index contributed by atoms with van der Waals surface area (Å²) in [5.74, 6) is 0.109. The third-order valence-electron chi connectivity index (χ3n) is 5.69. The molecule has 33 heavy (non-hydrogen) atoms. The lowest BCUT2D eigenvalue weighted by Crippen LogP contribution is -2.53. The lowest BCUT2D eigenvalue weighted by Gasteiger charge is -2.38. The summed E-state index contributed by atoms with van der Waals surface area (Å²) in [6, 6.07) is 7.63. The number of halogens is 1. The van der Waals surface area contributed by atoms with Crippen molar-refractivity contribution in [3.63, 3.8) is 0 Å². The van der Waals surface area contributed by atoms with Gasteiger partial charge in [-0.1, -0.05) is 12.1 Å². The van der Waals surface area contributed by atoms with Gasteiger partial charge < -0.3 is 15.8 Å². The van der Waals surface area contributed by atoms with Gasteiger partial charge in [-0.3, -0.25) is 24.5 Å². The molecule has 0 aromatic heterocycles. The molecule has 4 N–H and O–H groups in total. The summed E-state index contributed by atoms with van der Waals surface area (Å²) in [4.78, 5) is 31.5. The number of carbonyl (C=O) groups is 2. The maximum absolute atomic E-state index is 12.9. The number of piperidine rings is 1. The fourth-order valence-corrected chi connectivity index (χ4v) is 4.00. The van der Waals surface area contributed by atoms with Crippen LogP contribution in [0, 0.1) is 5.41 Å². The summed E-state index contributed by atoms with van der Waals surface area (Å²) in [6.07, 6.45) is 2.46. The fourth-order valence-electron chi connectivity index (χ4n) is 4.00. The van der Waals surface area contributed by atoms with Gasteiger partial charge in [0.1, 0.15) is 11.3 Å². The summed E-state index contributed by atoms with van der Waals surface area (Å²) >= 11 is 0. The maximum atomic E-state index is 12.9. The molecular formula is C24H32FN5O3. The van der Waals surface area contributed by atoms with Crippen molar-refractivity contribution in [2.75, 3.05) is 20.3 Å². The first-order valence-corrected chi connectivity index (χ1v) is 11.1. The Balaban J connectivity index is 0.00000149. The van der Waals surface area contributed by atoms with Crippen molar-refractivity contribution in [1.29, 1.82) is 5.41 Å². The van der Waals surface area contributed by atoms with Crippen LogP contribution < -0.4 is 11.1 Å². The third kappa shape index (κ3) is 5.58. The van der Waals surface area contributed by atoms with Crippen LogP contribution in [0.3, 0.4) is 0 Å². The van der Waals surface area contributed by atoms with Crippen LogP contribution in [0.4, 0.5) is 14.9 Å². The molecule has 1 aromatic carbocycles. The second-order valence-corrected chi connectivity index (χ2v) is 9.28. The van der Waals surface area contributed by atoms with E-state index in [1.54, 1.807) is 4.90 Å². The van der Waals surface area contributed by atoms with Gasteiger partial charge in [-0.25, -0.2) is 4.79 Å². The Morgan fingerprint density at radius 1 is 1.24 bits per heavy atom. The molecular weight excluding hydrogens is 425 g/mol. The molecule has 0 bridgehead atoms. The molecule has 1 saturated carbocycles. The van der Waals surface area contributed by atoms with Crippen LogP contribution >= 0.6 is 0 Å². The van der Waals surface area contributed by atoms with E-state index < -0.39 is 23.6 Å². The standard InChI is InChI=1S/C23H29N5O3.CH3F/c1-23(2,3)31-22(30)28-11-10-16(18-17(28)12-26-21(29)20(25)19(18)24)27-15-8-6-14(7-9-15)13-4-5-13;1-2/h6-9,13,17,25H,4-5,10-12,24H2,1-3H3,(H,26,29);1H3. The Bertz CT molecular complexity index is 990. The normalized spacial score (nSPS) is 22.2. The highest BCUT2D eigenvalue weighted by atomic mass is 19.1. The van der Waals surface area contributed by atoms with Crippen molar-refractivity contribution in [1.82, 2.24) is 10.2 Å². The third-order valence-corrected chi connectivity index (χ3v) is 5.69. The number of hydrogen-bond acceptors (Lipinski definition) is 6. The van der Waals surface area contributed by atoms with Crippen molar-refractivity contribution >= 4 is 29.1 Å². The van der Waals surface area contributed by atoms with E-state index in [0.29, 0.717) is 37.3 Å². The maximum Gasteiger partial charge on any atom is 0.410 e. The van der Waals surface area contributed by atoms with Gasteiger partial charge in [0.25, 0.3) is 5.91 Å². The van der Waals surface area contributed by atoms with Crippen LogP contribution in [0.2, 0.25) is 0 Å². The molecule has 3 aliphatic rings. The fraction of sp³-hybridized carbons (Fsp3) is 0.500. The van der Waals surface area contributed by atoms with Gasteiger partial charge in [-0.05, 0) is 57.2 Å². The number of rotatable bonds is 2. The van der Waals surface area contributed by atoms with Crippen LogP contribution in [0.1, 0.15) is 51.5 Å². The smallest absolute Gasteiger partial charge is 0.410 e. The molecule has 8 nitrogen and oxygen atoms in total. The highest BCUT2D eigenvalue weighted by Gasteiger charge is 2.40. The molecule has 2 aliphatic heterocycles. The van der Waals surface area contributed by atoms with E-state index >= 15 is 0 Å². The second kappa shape index (κ2) is 9.72. The Labute approximate surface area is 193 Å². The van der Waals surface area contributed by atoms with Crippen molar-refractivity contribution in [2.45, 2.75) is 57.6 Å². The Morgan fingerprint density at radius 3 is 2.45 bits per heavy atom. The molecule has 1 aromatic rings. The average Bonchev–Trinajstić information content (AvgIpc) is 3.62. The van der Waals surface area contributed by atoms with E-state index in [1.165, 1.54) is 18.4 Å². The molecule has 4 rings (SSSR count). The topological polar surface area (TPSA) is 121 Å². The van der Waals surface area contributed by atoms with Crippen molar-refractivity contribution < 1.29 is 18.7 Å². The van der Waals surface area contributed by atoms with Crippen LogP contribution in [0.5, 0.6) is 0 Å². The van der Waals surface area contributed by atoms with Crippen LogP contribution in [-0.4, -0.2) is 60.2 Å². The van der Waals surface area contributed by atoms with Crippen LogP contribution in [0.25, 0.3) is 0 Å². The zero-order valence-electron chi connectivity index (χ0n) is 19.6. The molecule has 178 valence electrons. The largest absolute Gasteiger partial charge is 0.444 e. The number of hydrogen-bond donors (Lipinski definition) is 3. The highest BCUT2D eigenvalue weighted by molar-refractivity contribution is 6.45. The summed E-state index contributed by atoms with van der Waals surface area (Å²) in [6.45, 7) is 5.96. The Hall–Kier alpha value is -3.23. The van der Waals surface area contributed by atoms with E-state index in [-0.39, 0.29) is 18.0 Å². The molecule has 1 atom stereocenters. The minimum absolute atomic E-state index is 0.0570. The average molecular weight is 458 g/mol. The zero-order chi connectivity index (χ0) is 24.3. The van der Waals surface area contributed by atoms with Gasteiger partial charge >= 0.3 is 6.09 Å². The van der Waals surface area contributed by atoms with Gasteiger partial charge in [0.2, 0.25) is 0 Å². The lowest BCUT2D eigenvalue weighted by molar-refractivity contribution is -0.114. The molecule has 9 heteroatoms. The van der Waals surface area contributed by atoms with Crippen molar-refractivity contribution in [3.8, 4) is 0 Å². The number of benzene rings is 1. The van der Waals surface area contributed by atoms with E-state index in [0.717, 1.165) is 5.69 Å². The molecule has 2 fully saturated rings. The Kier molecular flexibility index (Phi) is 7.19. The van der Waals surface area contributed by atoms with Crippen LogP contribution in [-0.2, 0) is 9.53 Å². The molecule has 2 heterocycles. The second-order valence-electron chi connectivity index (χ2n) is 9.28. The van der Waals surface area contributed by atoms with Gasteiger partial charge in [-0.2, -0.15) is 0 Å². The van der Waals surface area contributed by atoms with Gasteiger partial charge in [0, 0.05) is 25.1 Å².